The van der Waals surface area contributed by atoms with Gasteiger partial charge in [0.05, 0.1) is 7.11 Å². The number of unbranched alkanes of at least 4 members (excludes halogenated alkanes) is 1. The molecule has 2 heteroatoms. The van der Waals surface area contributed by atoms with E-state index in [2.05, 4.69) is 16.6 Å². The van der Waals surface area contributed by atoms with Gasteiger partial charge in [-0.25, -0.2) is 4.79 Å². The van der Waals surface area contributed by atoms with E-state index in [4.69, 9.17) is 0 Å². The van der Waals surface area contributed by atoms with Crippen molar-refractivity contribution in [1.82, 2.24) is 0 Å². The predicted molar refractivity (Wildman–Crippen MR) is 63.7 cm³/mol. The summed E-state index contributed by atoms with van der Waals surface area (Å²) in [4.78, 5) is 10.7. The van der Waals surface area contributed by atoms with Crippen LogP contribution in [0.4, 0.5) is 0 Å². The SMILES string of the molecule is COC(=O)/C=C/CCC#Cc1ccccc1. The molecule has 1 aromatic rings. The number of ether oxygens (including phenoxy) is 1. The number of rotatable bonds is 3. The second kappa shape index (κ2) is 7.30. The summed E-state index contributed by atoms with van der Waals surface area (Å²) in [5.74, 6) is 5.76. The molecule has 0 aliphatic rings. The Kier molecular flexibility index (Phi) is 5.51. The van der Waals surface area contributed by atoms with Crippen LogP contribution in [0, 0.1) is 11.8 Å². The molecule has 0 spiro atoms. The molecule has 1 aromatic carbocycles. The van der Waals surface area contributed by atoms with E-state index in [0.29, 0.717) is 0 Å². The summed E-state index contributed by atoms with van der Waals surface area (Å²) >= 11 is 0. The van der Waals surface area contributed by atoms with Crippen molar-refractivity contribution in [3.8, 4) is 11.8 Å². The number of allylic oxidation sites excluding steroid dienone is 1. The van der Waals surface area contributed by atoms with Crippen LogP contribution in [0.5, 0.6) is 0 Å². The Morgan fingerprint density at radius 1 is 1.38 bits per heavy atom. The maximum atomic E-state index is 10.7. The number of esters is 1. The molecule has 0 heterocycles. The molecule has 2 nitrogen and oxygen atoms in total. The van der Waals surface area contributed by atoms with Gasteiger partial charge in [0.25, 0.3) is 0 Å². The van der Waals surface area contributed by atoms with Gasteiger partial charge < -0.3 is 4.74 Å². The van der Waals surface area contributed by atoms with Gasteiger partial charge in [0, 0.05) is 18.1 Å². The van der Waals surface area contributed by atoms with Crippen molar-refractivity contribution in [2.75, 3.05) is 7.11 Å². The maximum absolute atomic E-state index is 10.7. The molecule has 0 radical (unpaired) electrons. The molecule has 0 aliphatic carbocycles. The average molecular weight is 214 g/mol. The predicted octanol–water partition coefficient (Wildman–Crippen LogP) is 2.55. The van der Waals surface area contributed by atoms with Crippen molar-refractivity contribution in [2.24, 2.45) is 0 Å². The first-order valence-corrected chi connectivity index (χ1v) is 5.11. The van der Waals surface area contributed by atoms with E-state index < -0.39 is 0 Å². The van der Waals surface area contributed by atoms with E-state index in [-0.39, 0.29) is 5.97 Å². The lowest BCUT2D eigenvalue weighted by Crippen LogP contribution is -1.93. The monoisotopic (exact) mass is 214 g/mol. The summed E-state index contributed by atoms with van der Waals surface area (Å²) in [6.07, 6.45) is 4.69. The zero-order chi connectivity index (χ0) is 11.6. The second-order valence-electron chi connectivity index (χ2n) is 3.13. The molecule has 0 N–H and O–H groups in total. The number of hydrogen-bond donors (Lipinski definition) is 0. The number of benzene rings is 1. The van der Waals surface area contributed by atoms with Gasteiger partial charge in [-0.3, -0.25) is 0 Å². The Labute approximate surface area is 95.9 Å². The molecule has 0 unspecified atom stereocenters. The first kappa shape index (κ1) is 12.1. The van der Waals surface area contributed by atoms with Gasteiger partial charge >= 0.3 is 5.97 Å². The lowest BCUT2D eigenvalue weighted by Gasteiger charge is -1.88. The molecule has 0 saturated heterocycles. The summed E-state index contributed by atoms with van der Waals surface area (Å²) in [6, 6.07) is 9.82. The molecule has 16 heavy (non-hydrogen) atoms. The van der Waals surface area contributed by atoms with E-state index in [1.807, 2.05) is 30.3 Å². The van der Waals surface area contributed by atoms with Crippen molar-refractivity contribution < 1.29 is 9.53 Å². The average Bonchev–Trinajstić information content (AvgIpc) is 2.34. The third-order valence-corrected chi connectivity index (χ3v) is 1.90. The van der Waals surface area contributed by atoms with Crippen LogP contribution in [0.2, 0.25) is 0 Å². The van der Waals surface area contributed by atoms with Crippen LogP contribution in [-0.2, 0) is 9.53 Å². The quantitative estimate of drug-likeness (QED) is 0.334. The van der Waals surface area contributed by atoms with Gasteiger partial charge in [-0.15, -0.1) is 0 Å². The lowest BCUT2D eigenvalue weighted by atomic mass is 10.2. The van der Waals surface area contributed by atoms with E-state index in [1.54, 1.807) is 6.08 Å². The summed E-state index contributed by atoms with van der Waals surface area (Å²) < 4.78 is 4.46. The van der Waals surface area contributed by atoms with E-state index in [0.717, 1.165) is 18.4 Å². The molecule has 0 aromatic heterocycles. The van der Waals surface area contributed by atoms with Gasteiger partial charge in [-0.2, -0.15) is 0 Å². The Bertz CT molecular complexity index is 407. The summed E-state index contributed by atoms with van der Waals surface area (Å²) in [6.45, 7) is 0. The standard InChI is InChI=1S/C14H14O2/c1-16-14(15)12-8-3-2-5-9-13-10-6-4-7-11-13/h4,6-8,10-12H,2-3H2,1H3/b12-8+. The van der Waals surface area contributed by atoms with Crippen molar-refractivity contribution in [3.05, 3.63) is 48.0 Å². The van der Waals surface area contributed by atoms with Crippen LogP contribution in [0.1, 0.15) is 18.4 Å². The zero-order valence-electron chi connectivity index (χ0n) is 9.27. The van der Waals surface area contributed by atoms with Crippen molar-refractivity contribution in [2.45, 2.75) is 12.8 Å². The van der Waals surface area contributed by atoms with Crippen molar-refractivity contribution >= 4 is 5.97 Å². The Morgan fingerprint density at radius 3 is 2.81 bits per heavy atom. The molecule has 0 atom stereocenters. The summed E-state index contributed by atoms with van der Waals surface area (Å²) in [7, 11) is 1.36. The van der Waals surface area contributed by atoms with Crippen LogP contribution in [-0.4, -0.2) is 13.1 Å². The minimum absolute atomic E-state index is 0.323. The van der Waals surface area contributed by atoms with E-state index in [1.165, 1.54) is 13.2 Å². The van der Waals surface area contributed by atoms with Gasteiger partial charge in [-0.05, 0) is 18.6 Å². The minimum Gasteiger partial charge on any atom is -0.466 e. The first-order valence-electron chi connectivity index (χ1n) is 5.11. The fourth-order valence-corrected chi connectivity index (χ4v) is 1.09. The van der Waals surface area contributed by atoms with Crippen LogP contribution in [0.25, 0.3) is 0 Å². The number of methoxy groups -OCH3 is 1. The van der Waals surface area contributed by atoms with Gasteiger partial charge in [0.2, 0.25) is 0 Å². The third kappa shape index (κ3) is 5.02. The number of carbonyl (C=O) groups excluding carboxylic acids is 1. The Morgan fingerprint density at radius 2 is 2.12 bits per heavy atom. The zero-order valence-corrected chi connectivity index (χ0v) is 9.27. The highest BCUT2D eigenvalue weighted by atomic mass is 16.5. The molecule has 1 rings (SSSR count). The van der Waals surface area contributed by atoms with Gasteiger partial charge in [-0.1, -0.05) is 36.1 Å². The van der Waals surface area contributed by atoms with Gasteiger partial charge in [0.15, 0.2) is 0 Å². The fraction of sp³-hybridized carbons (Fsp3) is 0.214. The molecule has 0 bridgehead atoms. The lowest BCUT2D eigenvalue weighted by molar-refractivity contribution is -0.134. The van der Waals surface area contributed by atoms with Crippen LogP contribution < -0.4 is 0 Å². The first-order chi connectivity index (χ1) is 7.83. The van der Waals surface area contributed by atoms with Crippen LogP contribution in [0.15, 0.2) is 42.5 Å². The molecular formula is C14H14O2. The maximum Gasteiger partial charge on any atom is 0.330 e. The summed E-state index contributed by atoms with van der Waals surface area (Å²) in [5, 5.41) is 0. The smallest absolute Gasteiger partial charge is 0.330 e. The Balaban J connectivity index is 2.29. The Hall–Kier alpha value is -2.01. The van der Waals surface area contributed by atoms with E-state index in [9.17, 15) is 4.79 Å². The second-order valence-corrected chi connectivity index (χ2v) is 3.13. The molecule has 0 saturated carbocycles. The van der Waals surface area contributed by atoms with Crippen LogP contribution in [0.3, 0.4) is 0 Å². The minimum atomic E-state index is -0.323. The van der Waals surface area contributed by atoms with Crippen LogP contribution >= 0.6 is 0 Å². The normalized spacial score (nSPS) is 9.56. The topological polar surface area (TPSA) is 26.3 Å². The molecular weight excluding hydrogens is 200 g/mol. The highest BCUT2D eigenvalue weighted by molar-refractivity contribution is 5.81. The molecule has 82 valence electrons. The third-order valence-electron chi connectivity index (χ3n) is 1.90. The fourth-order valence-electron chi connectivity index (χ4n) is 1.09. The number of carbonyl (C=O) groups is 1. The molecule has 0 aliphatic heterocycles. The van der Waals surface area contributed by atoms with E-state index >= 15 is 0 Å². The number of hydrogen-bond acceptors (Lipinski definition) is 2. The van der Waals surface area contributed by atoms with Crippen molar-refractivity contribution in [3.63, 3.8) is 0 Å². The highest BCUT2D eigenvalue weighted by Crippen LogP contribution is 1.96. The van der Waals surface area contributed by atoms with Crippen molar-refractivity contribution in [1.29, 1.82) is 0 Å². The molecule has 0 amide bonds. The molecule has 0 fully saturated rings. The summed E-state index contributed by atoms with van der Waals surface area (Å²) in [5.41, 5.74) is 1.01. The largest absolute Gasteiger partial charge is 0.466 e. The highest BCUT2D eigenvalue weighted by Gasteiger charge is 1.88. The van der Waals surface area contributed by atoms with Gasteiger partial charge in [0.1, 0.15) is 0 Å².